The highest BCUT2D eigenvalue weighted by Gasteiger charge is 2.09. The molecule has 18 heavy (non-hydrogen) atoms. The van der Waals surface area contributed by atoms with Gasteiger partial charge in [0.15, 0.2) is 0 Å². The van der Waals surface area contributed by atoms with Crippen LogP contribution in [-0.2, 0) is 6.54 Å². The number of aromatic nitrogens is 2. The van der Waals surface area contributed by atoms with E-state index in [-0.39, 0.29) is 5.91 Å². The number of rotatable bonds is 3. The van der Waals surface area contributed by atoms with E-state index in [0.29, 0.717) is 17.8 Å². The summed E-state index contributed by atoms with van der Waals surface area (Å²) in [5.41, 5.74) is 8.22. The number of carbonyl (C=O) groups excluding carboxylic acids is 1. The van der Waals surface area contributed by atoms with Crippen LogP contribution in [0, 0.1) is 6.92 Å². The normalized spacial score (nSPS) is 10.1. The van der Waals surface area contributed by atoms with E-state index in [1.807, 2.05) is 25.1 Å². The number of nitrogens with zero attached hydrogens (tertiary/aromatic N) is 2. The highest BCUT2D eigenvalue weighted by Crippen LogP contribution is 2.08. The van der Waals surface area contributed by atoms with E-state index in [2.05, 4.69) is 15.3 Å². The van der Waals surface area contributed by atoms with Crippen LogP contribution in [0.25, 0.3) is 0 Å². The summed E-state index contributed by atoms with van der Waals surface area (Å²) in [6, 6.07) is 7.27. The number of carbonyl (C=O) groups is 1. The zero-order valence-corrected chi connectivity index (χ0v) is 10.1. The fraction of sp³-hybridized carbons (Fsp3) is 0.154. The van der Waals surface area contributed by atoms with Crippen molar-refractivity contribution in [3.05, 3.63) is 53.6 Å². The molecular formula is C13H14N4O. The first-order valence-corrected chi connectivity index (χ1v) is 5.57. The predicted molar refractivity (Wildman–Crippen MR) is 68.8 cm³/mol. The van der Waals surface area contributed by atoms with Gasteiger partial charge in [-0.15, -0.1) is 0 Å². The number of hydrogen-bond donors (Lipinski definition) is 2. The van der Waals surface area contributed by atoms with E-state index in [4.69, 9.17) is 5.73 Å². The molecule has 0 aromatic carbocycles. The van der Waals surface area contributed by atoms with E-state index < -0.39 is 0 Å². The molecule has 0 radical (unpaired) electrons. The lowest BCUT2D eigenvalue weighted by atomic mass is 10.2. The number of amides is 1. The van der Waals surface area contributed by atoms with E-state index in [9.17, 15) is 4.79 Å². The molecular weight excluding hydrogens is 228 g/mol. The van der Waals surface area contributed by atoms with Crippen LogP contribution in [0.3, 0.4) is 0 Å². The topological polar surface area (TPSA) is 80.9 Å². The fourth-order valence-corrected chi connectivity index (χ4v) is 1.56. The molecule has 5 heteroatoms. The molecule has 0 unspecified atom stereocenters. The van der Waals surface area contributed by atoms with E-state index in [1.54, 1.807) is 12.3 Å². The van der Waals surface area contributed by atoms with Crippen molar-refractivity contribution in [3.8, 4) is 0 Å². The van der Waals surface area contributed by atoms with Crippen LogP contribution in [0.1, 0.15) is 21.7 Å². The molecule has 0 bridgehead atoms. The lowest BCUT2D eigenvalue weighted by Crippen LogP contribution is -2.24. The van der Waals surface area contributed by atoms with Gasteiger partial charge in [0.25, 0.3) is 5.91 Å². The molecule has 0 saturated carbocycles. The molecule has 92 valence electrons. The maximum absolute atomic E-state index is 11.9. The summed E-state index contributed by atoms with van der Waals surface area (Å²) in [5, 5.41) is 2.76. The highest BCUT2D eigenvalue weighted by atomic mass is 16.1. The molecule has 0 saturated heterocycles. The first kappa shape index (κ1) is 12.0. The number of aryl methyl sites for hydroxylation is 1. The Bertz CT molecular complexity index is 568. The van der Waals surface area contributed by atoms with Gasteiger partial charge in [0.2, 0.25) is 0 Å². The Hall–Kier alpha value is -2.43. The number of nitrogens with two attached hydrogens (primary N) is 1. The summed E-state index contributed by atoms with van der Waals surface area (Å²) < 4.78 is 0. The first-order chi connectivity index (χ1) is 8.66. The van der Waals surface area contributed by atoms with E-state index in [0.717, 1.165) is 11.4 Å². The minimum Gasteiger partial charge on any atom is -0.398 e. The summed E-state index contributed by atoms with van der Waals surface area (Å²) in [6.07, 6.45) is 3.00. The molecule has 0 aliphatic carbocycles. The van der Waals surface area contributed by atoms with Gasteiger partial charge in [-0.2, -0.15) is 0 Å². The van der Waals surface area contributed by atoms with Crippen LogP contribution in [0.5, 0.6) is 0 Å². The van der Waals surface area contributed by atoms with Crippen LogP contribution in [0.15, 0.2) is 36.7 Å². The fourth-order valence-electron chi connectivity index (χ4n) is 1.56. The minimum atomic E-state index is -0.246. The third kappa shape index (κ3) is 2.82. The maximum atomic E-state index is 11.9. The second-order valence-corrected chi connectivity index (χ2v) is 3.92. The number of nitrogens with one attached hydrogen (secondary N) is 1. The van der Waals surface area contributed by atoms with Gasteiger partial charge in [0.1, 0.15) is 0 Å². The van der Waals surface area contributed by atoms with Crippen LogP contribution < -0.4 is 11.1 Å². The Labute approximate surface area is 105 Å². The number of pyridine rings is 2. The largest absolute Gasteiger partial charge is 0.398 e. The molecule has 3 N–H and O–H groups in total. The van der Waals surface area contributed by atoms with Crippen LogP contribution in [0.2, 0.25) is 0 Å². The Morgan fingerprint density at radius 2 is 2.22 bits per heavy atom. The molecule has 2 rings (SSSR count). The van der Waals surface area contributed by atoms with Crippen molar-refractivity contribution in [3.63, 3.8) is 0 Å². The maximum Gasteiger partial charge on any atom is 0.255 e. The zero-order chi connectivity index (χ0) is 13.0. The highest BCUT2D eigenvalue weighted by molar-refractivity contribution is 5.98. The van der Waals surface area contributed by atoms with Gasteiger partial charge in [-0.05, 0) is 25.1 Å². The van der Waals surface area contributed by atoms with Crippen molar-refractivity contribution in [1.82, 2.24) is 15.3 Å². The Morgan fingerprint density at radius 3 is 2.94 bits per heavy atom. The molecule has 0 fully saturated rings. The Kier molecular flexibility index (Phi) is 3.52. The molecule has 1 amide bonds. The molecule has 0 aliphatic heterocycles. The zero-order valence-electron chi connectivity index (χ0n) is 10.1. The standard InChI is InChI=1S/C13H14N4O/c1-9-3-2-4-10(17-9)7-16-13(18)11-8-15-6-5-12(11)14/h2-6,8H,7H2,1H3,(H2,14,15)(H,16,18). The first-order valence-electron chi connectivity index (χ1n) is 5.57. The lowest BCUT2D eigenvalue weighted by Gasteiger charge is -2.06. The monoisotopic (exact) mass is 242 g/mol. The number of nitrogen functional groups attached to an aromatic ring is 1. The third-order valence-corrected chi connectivity index (χ3v) is 2.48. The van der Waals surface area contributed by atoms with Crippen molar-refractivity contribution in [2.45, 2.75) is 13.5 Å². The van der Waals surface area contributed by atoms with Gasteiger partial charge in [0, 0.05) is 23.8 Å². The van der Waals surface area contributed by atoms with Crippen molar-refractivity contribution in [2.75, 3.05) is 5.73 Å². The molecule has 0 spiro atoms. The molecule has 0 aliphatic rings. The van der Waals surface area contributed by atoms with Gasteiger partial charge in [-0.1, -0.05) is 6.07 Å². The Morgan fingerprint density at radius 1 is 1.39 bits per heavy atom. The molecule has 2 aromatic rings. The predicted octanol–water partition coefficient (Wildman–Crippen LogP) is 1.30. The van der Waals surface area contributed by atoms with E-state index >= 15 is 0 Å². The molecule has 0 atom stereocenters. The van der Waals surface area contributed by atoms with E-state index in [1.165, 1.54) is 6.20 Å². The SMILES string of the molecule is Cc1cccc(CNC(=O)c2cnccc2N)n1. The van der Waals surface area contributed by atoms with Gasteiger partial charge in [0.05, 0.1) is 17.8 Å². The second-order valence-electron chi connectivity index (χ2n) is 3.92. The molecule has 5 nitrogen and oxygen atoms in total. The summed E-state index contributed by atoms with van der Waals surface area (Å²) in [4.78, 5) is 20.0. The van der Waals surface area contributed by atoms with Crippen LogP contribution >= 0.6 is 0 Å². The Balaban J connectivity index is 2.03. The summed E-state index contributed by atoms with van der Waals surface area (Å²) >= 11 is 0. The summed E-state index contributed by atoms with van der Waals surface area (Å²) in [6.45, 7) is 2.28. The summed E-state index contributed by atoms with van der Waals surface area (Å²) in [7, 11) is 0. The quantitative estimate of drug-likeness (QED) is 0.850. The smallest absolute Gasteiger partial charge is 0.255 e. The number of hydrogen-bond acceptors (Lipinski definition) is 4. The van der Waals surface area contributed by atoms with Gasteiger partial charge in [-0.3, -0.25) is 14.8 Å². The average Bonchev–Trinajstić information content (AvgIpc) is 2.37. The van der Waals surface area contributed by atoms with Gasteiger partial charge >= 0.3 is 0 Å². The third-order valence-electron chi connectivity index (χ3n) is 2.48. The van der Waals surface area contributed by atoms with Crippen molar-refractivity contribution in [2.24, 2.45) is 0 Å². The average molecular weight is 242 g/mol. The van der Waals surface area contributed by atoms with Gasteiger partial charge in [-0.25, -0.2) is 0 Å². The van der Waals surface area contributed by atoms with Gasteiger partial charge < -0.3 is 11.1 Å². The lowest BCUT2D eigenvalue weighted by molar-refractivity contribution is 0.0951. The van der Waals surface area contributed by atoms with Crippen molar-refractivity contribution in [1.29, 1.82) is 0 Å². The van der Waals surface area contributed by atoms with Crippen LogP contribution in [0.4, 0.5) is 5.69 Å². The molecule has 2 heterocycles. The molecule has 2 aromatic heterocycles. The minimum absolute atomic E-state index is 0.246. The van der Waals surface area contributed by atoms with Crippen molar-refractivity contribution >= 4 is 11.6 Å². The van der Waals surface area contributed by atoms with Crippen molar-refractivity contribution < 1.29 is 4.79 Å². The second kappa shape index (κ2) is 5.27. The van der Waals surface area contributed by atoms with Crippen LogP contribution in [-0.4, -0.2) is 15.9 Å². The summed E-state index contributed by atoms with van der Waals surface area (Å²) in [5.74, 6) is -0.246. The number of anilines is 1.